The Morgan fingerprint density at radius 1 is 1.40 bits per heavy atom. The fourth-order valence-corrected chi connectivity index (χ4v) is 3.05. The molecule has 0 saturated carbocycles. The fourth-order valence-electron chi connectivity index (χ4n) is 1.78. The highest BCUT2D eigenvalue weighted by atomic mass is 32.2. The van der Waals surface area contributed by atoms with Crippen molar-refractivity contribution in [2.24, 2.45) is 0 Å². The lowest BCUT2D eigenvalue weighted by Crippen LogP contribution is -2.39. The van der Waals surface area contributed by atoms with E-state index in [4.69, 9.17) is 9.84 Å². The topological polar surface area (TPSA) is 49.8 Å². The van der Waals surface area contributed by atoms with Crippen LogP contribution in [-0.2, 0) is 15.5 Å². The maximum atomic E-state index is 11.2. The summed E-state index contributed by atoms with van der Waals surface area (Å²) in [6, 6.07) is 0.556. The first-order valence-corrected chi connectivity index (χ1v) is 6.96. The van der Waals surface area contributed by atoms with Gasteiger partial charge in [0, 0.05) is 34.9 Å². The van der Waals surface area contributed by atoms with Gasteiger partial charge in [-0.1, -0.05) is 0 Å². The van der Waals surface area contributed by atoms with E-state index in [1.54, 1.807) is 0 Å². The molecule has 0 amide bonds. The van der Waals surface area contributed by atoms with Crippen LogP contribution >= 0.6 is 0 Å². The van der Waals surface area contributed by atoms with E-state index in [9.17, 15) is 4.21 Å². The molecule has 1 N–H and O–H groups in total. The van der Waals surface area contributed by atoms with Crippen molar-refractivity contribution in [3.8, 4) is 0 Å². The molecule has 0 unspecified atom stereocenters. The molecule has 4 nitrogen and oxygen atoms in total. The van der Waals surface area contributed by atoms with Gasteiger partial charge >= 0.3 is 0 Å². The van der Waals surface area contributed by atoms with Crippen LogP contribution in [0.25, 0.3) is 0 Å². The van der Waals surface area contributed by atoms with Gasteiger partial charge in [0.25, 0.3) is 0 Å². The molecule has 5 heteroatoms. The summed E-state index contributed by atoms with van der Waals surface area (Å²) >= 11 is 0. The Morgan fingerprint density at radius 2 is 2.07 bits per heavy atom. The fraction of sp³-hybridized carbons (Fsp3) is 1.00. The molecule has 15 heavy (non-hydrogen) atoms. The number of rotatable bonds is 6. The van der Waals surface area contributed by atoms with Crippen LogP contribution in [-0.4, -0.2) is 65.2 Å². The van der Waals surface area contributed by atoms with Crippen molar-refractivity contribution in [2.45, 2.75) is 18.9 Å². The van der Waals surface area contributed by atoms with Gasteiger partial charge in [-0.25, -0.2) is 0 Å². The van der Waals surface area contributed by atoms with E-state index in [0.717, 1.165) is 30.9 Å². The number of hydrogen-bond acceptors (Lipinski definition) is 4. The number of aliphatic hydroxyl groups is 1. The molecule has 1 fully saturated rings. The summed E-state index contributed by atoms with van der Waals surface area (Å²) in [4.78, 5) is 2.27. The van der Waals surface area contributed by atoms with Crippen LogP contribution in [0.4, 0.5) is 0 Å². The highest BCUT2D eigenvalue weighted by Gasteiger charge is 2.20. The third-order valence-electron chi connectivity index (χ3n) is 2.80. The van der Waals surface area contributed by atoms with Crippen molar-refractivity contribution < 1.29 is 14.1 Å². The molecule has 0 aliphatic carbocycles. The van der Waals surface area contributed by atoms with Crippen molar-refractivity contribution >= 4 is 10.8 Å². The Hall–Kier alpha value is 0.0300. The molecule has 0 spiro atoms. The highest BCUT2D eigenvalue weighted by molar-refractivity contribution is 7.85. The van der Waals surface area contributed by atoms with E-state index < -0.39 is 10.8 Å². The van der Waals surface area contributed by atoms with E-state index in [1.807, 2.05) is 0 Å². The van der Waals surface area contributed by atoms with Gasteiger partial charge in [0.2, 0.25) is 0 Å². The number of hydrogen-bond donors (Lipinski definition) is 1. The van der Waals surface area contributed by atoms with Crippen LogP contribution in [0.1, 0.15) is 12.8 Å². The Balaban J connectivity index is 2.11. The number of ether oxygens (including phenoxy) is 1. The van der Waals surface area contributed by atoms with Gasteiger partial charge in [0.1, 0.15) is 0 Å². The zero-order valence-corrected chi connectivity index (χ0v) is 10.2. The van der Waals surface area contributed by atoms with Gasteiger partial charge in [-0.3, -0.25) is 4.21 Å². The van der Waals surface area contributed by atoms with Crippen LogP contribution in [0, 0.1) is 0 Å². The minimum Gasteiger partial charge on any atom is -0.394 e. The predicted octanol–water partition coefficient (Wildman–Crippen LogP) is -0.162. The van der Waals surface area contributed by atoms with E-state index in [0.29, 0.717) is 19.3 Å². The maximum absolute atomic E-state index is 11.2. The van der Waals surface area contributed by atoms with Crippen LogP contribution in [0.3, 0.4) is 0 Å². The molecule has 0 atom stereocenters. The standard InChI is InChI=1S/C10H21NO3S/c1-11(4-6-14-7-5-12)10-2-8-15(13)9-3-10/h10,12H,2-9H2,1H3. The first kappa shape index (κ1) is 13.1. The minimum absolute atomic E-state index is 0.0894. The summed E-state index contributed by atoms with van der Waals surface area (Å²) in [6.07, 6.45) is 2.06. The highest BCUT2D eigenvalue weighted by Crippen LogP contribution is 2.14. The molecule has 1 saturated heterocycles. The van der Waals surface area contributed by atoms with Crippen molar-refractivity contribution in [1.29, 1.82) is 0 Å². The molecule has 90 valence electrons. The van der Waals surface area contributed by atoms with Gasteiger partial charge in [0.05, 0.1) is 19.8 Å². The number of likely N-dealkylation sites (N-methyl/N-ethyl adjacent to an activating group) is 1. The van der Waals surface area contributed by atoms with Crippen molar-refractivity contribution in [3.05, 3.63) is 0 Å². The number of nitrogens with zero attached hydrogens (tertiary/aromatic N) is 1. The van der Waals surface area contributed by atoms with Gasteiger partial charge in [-0.2, -0.15) is 0 Å². The minimum atomic E-state index is -0.577. The second-order valence-electron chi connectivity index (χ2n) is 3.90. The zero-order chi connectivity index (χ0) is 11.1. The Kier molecular flexibility index (Phi) is 6.40. The van der Waals surface area contributed by atoms with Gasteiger partial charge in [-0.05, 0) is 19.9 Å². The lowest BCUT2D eigenvalue weighted by Gasteiger charge is -2.30. The van der Waals surface area contributed by atoms with Crippen molar-refractivity contribution in [1.82, 2.24) is 4.90 Å². The third kappa shape index (κ3) is 5.06. The molecule has 0 bridgehead atoms. The molecule has 1 rings (SSSR count). The molecular weight excluding hydrogens is 214 g/mol. The average Bonchev–Trinajstić information content (AvgIpc) is 2.25. The van der Waals surface area contributed by atoms with Crippen LogP contribution in [0.5, 0.6) is 0 Å². The van der Waals surface area contributed by atoms with E-state index in [1.165, 1.54) is 0 Å². The monoisotopic (exact) mass is 235 g/mol. The molecular formula is C10H21NO3S. The first-order valence-electron chi connectivity index (χ1n) is 5.48. The largest absolute Gasteiger partial charge is 0.394 e. The molecule has 0 aromatic rings. The second kappa shape index (κ2) is 7.33. The van der Waals surface area contributed by atoms with Crippen molar-refractivity contribution in [2.75, 3.05) is 44.9 Å². The summed E-state index contributed by atoms with van der Waals surface area (Å²) in [5, 5.41) is 8.54. The SMILES string of the molecule is CN(CCOCCO)C1CCS(=O)CC1. The quantitative estimate of drug-likeness (QED) is 0.650. The Morgan fingerprint density at radius 3 is 2.67 bits per heavy atom. The van der Waals surface area contributed by atoms with Crippen molar-refractivity contribution in [3.63, 3.8) is 0 Å². The molecule has 0 aromatic heterocycles. The average molecular weight is 235 g/mol. The maximum Gasteiger partial charge on any atom is 0.0698 e. The van der Waals surface area contributed by atoms with Crippen LogP contribution in [0.15, 0.2) is 0 Å². The molecule has 0 radical (unpaired) electrons. The van der Waals surface area contributed by atoms with E-state index in [-0.39, 0.29) is 6.61 Å². The smallest absolute Gasteiger partial charge is 0.0698 e. The summed E-state index contributed by atoms with van der Waals surface area (Å²) in [6.45, 7) is 2.06. The summed E-state index contributed by atoms with van der Waals surface area (Å²) in [7, 11) is 1.51. The zero-order valence-electron chi connectivity index (χ0n) is 9.35. The lowest BCUT2D eigenvalue weighted by molar-refractivity contribution is 0.0693. The lowest BCUT2D eigenvalue weighted by atomic mass is 10.1. The molecule has 1 heterocycles. The summed E-state index contributed by atoms with van der Waals surface area (Å²) in [5.74, 6) is 1.68. The number of aliphatic hydroxyl groups excluding tert-OH is 1. The normalized spacial score (nSPS) is 27.1. The Bertz CT molecular complexity index is 191. The van der Waals surface area contributed by atoms with Gasteiger partial charge < -0.3 is 14.7 Å². The molecule has 1 aliphatic heterocycles. The van der Waals surface area contributed by atoms with Crippen LogP contribution < -0.4 is 0 Å². The van der Waals surface area contributed by atoms with E-state index >= 15 is 0 Å². The second-order valence-corrected chi connectivity index (χ2v) is 5.59. The Labute approximate surface area is 94.1 Å². The summed E-state index contributed by atoms with van der Waals surface area (Å²) < 4.78 is 16.4. The molecule has 0 aromatic carbocycles. The van der Waals surface area contributed by atoms with Gasteiger partial charge in [0.15, 0.2) is 0 Å². The first-order chi connectivity index (χ1) is 7.24. The van der Waals surface area contributed by atoms with Gasteiger partial charge in [-0.15, -0.1) is 0 Å². The molecule has 1 aliphatic rings. The van der Waals surface area contributed by atoms with Crippen LogP contribution in [0.2, 0.25) is 0 Å². The third-order valence-corrected chi connectivity index (χ3v) is 4.19. The summed E-state index contributed by atoms with van der Waals surface area (Å²) in [5.41, 5.74) is 0. The predicted molar refractivity (Wildman–Crippen MR) is 61.4 cm³/mol. The van der Waals surface area contributed by atoms with E-state index in [2.05, 4.69) is 11.9 Å².